The summed E-state index contributed by atoms with van der Waals surface area (Å²) in [4.78, 5) is 15.9. The molecule has 1 aliphatic rings. The van der Waals surface area contributed by atoms with E-state index < -0.39 is 0 Å². The topological polar surface area (TPSA) is 41.5 Å². The van der Waals surface area contributed by atoms with E-state index in [-0.39, 0.29) is 5.91 Å². The minimum atomic E-state index is 0.0576. The number of amidine groups is 1. The van der Waals surface area contributed by atoms with Crippen molar-refractivity contribution in [2.24, 2.45) is 4.99 Å². The number of quaternary nitrogens is 1. The van der Waals surface area contributed by atoms with Crippen LogP contribution in [0.15, 0.2) is 17.1 Å². The normalized spacial score (nSPS) is 19.9. The molecule has 1 aliphatic heterocycles. The van der Waals surface area contributed by atoms with E-state index in [1.165, 1.54) is 63.6 Å². The fourth-order valence-electron chi connectivity index (χ4n) is 3.80. The van der Waals surface area contributed by atoms with Crippen LogP contribution in [0.5, 0.6) is 0 Å². The van der Waals surface area contributed by atoms with Gasteiger partial charge in [-0.05, 0) is 19.8 Å². The van der Waals surface area contributed by atoms with Gasteiger partial charge < -0.3 is 5.32 Å². The molecule has 1 rings (SSSR count). The molecule has 1 heterocycles. The van der Waals surface area contributed by atoms with Crippen LogP contribution < -0.4 is 5.32 Å². The highest BCUT2D eigenvalue weighted by Crippen LogP contribution is 2.18. The van der Waals surface area contributed by atoms with Crippen LogP contribution in [0, 0.1) is 0 Å². The summed E-state index contributed by atoms with van der Waals surface area (Å²) in [5.74, 6) is 1.35. The maximum absolute atomic E-state index is 11.1. The average molecular weight is 365 g/mol. The summed E-state index contributed by atoms with van der Waals surface area (Å²) >= 11 is 0. The molecule has 0 aromatic rings. The highest BCUT2D eigenvalue weighted by molar-refractivity contribution is 5.78. The van der Waals surface area contributed by atoms with Crippen molar-refractivity contribution in [3.8, 4) is 0 Å². The van der Waals surface area contributed by atoms with Gasteiger partial charge in [-0.3, -0.25) is 9.28 Å². The Morgan fingerprint density at radius 2 is 1.77 bits per heavy atom. The fraction of sp³-hybridized carbons (Fsp3) is 0.818. The van der Waals surface area contributed by atoms with Crippen molar-refractivity contribution in [3.05, 3.63) is 12.2 Å². The van der Waals surface area contributed by atoms with Crippen molar-refractivity contribution < 1.29 is 9.28 Å². The minimum absolute atomic E-state index is 0.0576. The quantitative estimate of drug-likeness (QED) is 0.252. The molecule has 1 N–H and O–H groups in total. The first-order chi connectivity index (χ1) is 12.6. The number of allylic oxidation sites excluding steroid dienone is 1. The Balaban J connectivity index is 2.19. The number of amides is 1. The van der Waals surface area contributed by atoms with Crippen LogP contribution in [0.2, 0.25) is 0 Å². The summed E-state index contributed by atoms with van der Waals surface area (Å²) in [6, 6.07) is 0. The van der Waals surface area contributed by atoms with Gasteiger partial charge in [0.05, 0.1) is 26.1 Å². The monoisotopic (exact) mass is 364 g/mol. The van der Waals surface area contributed by atoms with Crippen LogP contribution in [-0.4, -0.2) is 48.9 Å². The van der Waals surface area contributed by atoms with Crippen LogP contribution >= 0.6 is 0 Å². The molecule has 4 heteroatoms. The molecule has 1 unspecified atom stereocenters. The van der Waals surface area contributed by atoms with Gasteiger partial charge in [0, 0.05) is 6.92 Å². The van der Waals surface area contributed by atoms with Gasteiger partial charge in [0.1, 0.15) is 13.1 Å². The van der Waals surface area contributed by atoms with Gasteiger partial charge >= 0.3 is 0 Å². The van der Waals surface area contributed by atoms with Gasteiger partial charge in [-0.1, -0.05) is 64.0 Å². The second kappa shape index (κ2) is 14.0. The van der Waals surface area contributed by atoms with Crippen molar-refractivity contribution in [3.63, 3.8) is 0 Å². The summed E-state index contributed by atoms with van der Waals surface area (Å²) in [7, 11) is 0. The van der Waals surface area contributed by atoms with Gasteiger partial charge in [-0.2, -0.15) is 0 Å². The van der Waals surface area contributed by atoms with Crippen LogP contribution in [0.1, 0.15) is 85.0 Å². The molecule has 0 aliphatic carbocycles. The van der Waals surface area contributed by atoms with Gasteiger partial charge in [-0.25, -0.2) is 4.99 Å². The van der Waals surface area contributed by atoms with Crippen LogP contribution in [0.4, 0.5) is 0 Å². The Labute approximate surface area is 161 Å². The predicted molar refractivity (Wildman–Crippen MR) is 113 cm³/mol. The lowest BCUT2D eigenvalue weighted by molar-refractivity contribution is -0.832. The number of nitrogens with one attached hydrogen (secondary N) is 1. The first-order valence-corrected chi connectivity index (χ1v) is 10.9. The van der Waals surface area contributed by atoms with E-state index in [0.717, 1.165) is 43.6 Å². The predicted octanol–water partition coefficient (Wildman–Crippen LogP) is 4.85. The zero-order valence-electron chi connectivity index (χ0n) is 17.6. The van der Waals surface area contributed by atoms with Crippen LogP contribution in [0.25, 0.3) is 0 Å². The molecule has 0 saturated heterocycles. The van der Waals surface area contributed by atoms with E-state index in [9.17, 15) is 4.79 Å². The SMILES string of the molecule is CCCCCCCCCC/C=C/CC1=NCC[N+]1(CC)CCNC(C)=O. The van der Waals surface area contributed by atoms with E-state index in [2.05, 4.69) is 31.3 Å². The molecule has 150 valence electrons. The van der Waals surface area contributed by atoms with E-state index in [1.54, 1.807) is 6.92 Å². The van der Waals surface area contributed by atoms with Crippen molar-refractivity contribution in [1.82, 2.24) is 5.32 Å². The number of likely N-dealkylation sites (N-methyl/N-ethyl adjacent to an activating group) is 1. The molecule has 0 aromatic carbocycles. The third kappa shape index (κ3) is 8.98. The van der Waals surface area contributed by atoms with E-state index in [1.807, 2.05) is 0 Å². The Hall–Kier alpha value is -1.16. The minimum Gasteiger partial charge on any atom is -0.351 e. The summed E-state index contributed by atoms with van der Waals surface area (Å²) in [5.41, 5.74) is 0. The number of carbonyl (C=O) groups excluding carboxylic acids is 1. The molecule has 1 amide bonds. The van der Waals surface area contributed by atoms with E-state index in [0.29, 0.717) is 0 Å². The number of hydrogen-bond donors (Lipinski definition) is 1. The first-order valence-electron chi connectivity index (χ1n) is 10.9. The molecule has 1 atom stereocenters. The van der Waals surface area contributed by atoms with Gasteiger partial charge in [0.2, 0.25) is 11.7 Å². The molecule has 0 spiro atoms. The molecule has 0 fully saturated rings. The second-order valence-electron chi connectivity index (χ2n) is 7.63. The number of carbonyl (C=O) groups is 1. The Morgan fingerprint density at radius 1 is 1.08 bits per heavy atom. The van der Waals surface area contributed by atoms with E-state index in [4.69, 9.17) is 4.99 Å². The molecular formula is C22H42N3O+. The summed E-state index contributed by atoms with van der Waals surface area (Å²) < 4.78 is 0.947. The Morgan fingerprint density at radius 3 is 2.42 bits per heavy atom. The average Bonchev–Trinajstić information content (AvgIpc) is 3.02. The van der Waals surface area contributed by atoms with E-state index >= 15 is 0 Å². The summed E-state index contributed by atoms with van der Waals surface area (Å²) in [6.45, 7) is 10.9. The maximum Gasteiger partial charge on any atom is 0.217 e. The van der Waals surface area contributed by atoms with Crippen molar-refractivity contribution >= 4 is 11.7 Å². The zero-order valence-corrected chi connectivity index (χ0v) is 17.6. The molecule has 0 saturated carbocycles. The largest absolute Gasteiger partial charge is 0.351 e. The third-order valence-corrected chi connectivity index (χ3v) is 5.58. The van der Waals surface area contributed by atoms with Gasteiger partial charge in [0.15, 0.2) is 0 Å². The lowest BCUT2D eigenvalue weighted by atomic mass is 10.1. The van der Waals surface area contributed by atoms with Crippen molar-refractivity contribution in [2.45, 2.75) is 85.0 Å². The molecule has 0 aromatic heterocycles. The molecule has 4 nitrogen and oxygen atoms in total. The molecule has 0 radical (unpaired) electrons. The number of rotatable bonds is 15. The summed E-state index contributed by atoms with van der Waals surface area (Å²) in [6.07, 6.45) is 17.9. The molecule has 26 heavy (non-hydrogen) atoms. The summed E-state index contributed by atoms with van der Waals surface area (Å²) in [5, 5.41) is 2.94. The third-order valence-electron chi connectivity index (χ3n) is 5.58. The second-order valence-corrected chi connectivity index (χ2v) is 7.63. The first kappa shape index (κ1) is 22.9. The van der Waals surface area contributed by atoms with Crippen LogP contribution in [-0.2, 0) is 4.79 Å². The highest BCUT2D eigenvalue weighted by atomic mass is 16.1. The zero-order chi connectivity index (χ0) is 19.1. The van der Waals surface area contributed by atoms with Gasteiger partial charge in [-0.15, -0.1) is 0 Å². The fourth-order valence-corrected chi connectivity index (χ4v) is 3.80. The van der Waals surface area contributed by atoms with Crippen molar-refractivity contribution in [2.75, 3.05) is 32.7 Å². The standard InChI is InChI=1S/C22H41N3O/c1-4-6-7-8-9-10-11-12-13-14-15-16-22-24-18-20-25(22,5-2)19-17-23-21(3)26/h14-15H,4-13,16-20H2,1-3H3/p+1/b15-14+. The number of nitrogens with zero attached hydrogens (tertiary/aromatic N) is 2. The Kier molecular flexibility index (Phi) is 12.3. The Bertz CT molecular complexity index is 445. The number of hydrogen-bond acceptors (Lipinski definition) is 2. The molecule has 0 bridgehead atoms. The van der Waals surface area contributed by atoms with Gasteiger partial charge in [0.25, 0.3) is 0 Å². The maximum atomic E-state index is 11.1. The highest BCUT2D eigenvalue weighted by Gasteiger charge is 2.35. The lowest BCUT2D eigenvalue weighted by Crippen LogP contribution is -2.53. The van der Waals surface area contributed by atoms with Crippen LogP contribution in [0.3, 0.4) is 0 Å². The van der Waals surface area contributed by atoms with Crippen molar-refractivity contribution in [1.29, 1.82) is 0 Å². The lowest BCUT2D eigenvalue weighted by Gasteiger charge is -2.33. The smallest absolute Gasteiger partial charge is 0.217 e. The number of unbranched alkanes of at least 4 members (excludes halogenated alkanes) is 8. The molecular weight excluding hydrogens is 322 g/mol. The number of aliphatic imine (C=N–C) groups is 1.